The van der Waals surface area contributed by atoms with Crippen LogP contribution in [0.15, 0.2) is 12.1 Å². The van der Waals surface area contributed by atoms with E-state index in [1.54, 1.807) is 7.11 Å². The maximum Gasteiger partial charge on any atom is 0.140 e. The highest BCUT2D eigenvalue weighted by Crippen LogP contribution is 2.34. The summed E-state index contributed by atoms with van der Waals surface area (Å²) in [5.41, 5.74) is 7.73. The van der Waals surface area contributed by atoms with Gasteiger partial charge < -0.3 is 10.5 Å². The number of rotatable bonds is 3. The van der Waals surface area contributed by atoms with E-state index in [9.17, 15) is 0 Å². The van der Waals surface area contributed by atoms with E-state index < -0.39 is 0 Å². The Morgan fingerprint density at radius 3 is 2.50 bits per heavy atom. The van der Waals surface area contributed by atoms with Crippen molar-refractivity contribution >= 4 is 11.6 Å². The summed E-state index contributed by atoms with van der Waals surface area (Å²) in [6.07, 6.45) is 0. The fourth-order valence-corrected chi connectivity index (χ4v) is 1.76. The van der Waals surface area contributed by atoms with Crippen LogP contribution in [-0.4, -0.2) is 7.11 Å². The number of benzene rings is 1. The van der Waals surface area contributed by atoms with Crippen molar-refractivity contribution < 1.29 is 4.74 Å². The minimum Gasteiger partial charge on any atom is -0.495 e. The predicted molar refractivity (Wildman–Crippen MR) is 60.0 cm³/mol. The summed E-state index contributed by atoms with van der Waals surface area (Å²) >= 11 is 6.08. The summed E-state index contributed by atoms with van der Waals surface area (Å²) in [4.78, 5) is 0. The second-order valence-corrected chi connectivity index (χ2v) is 3.97. The Morgan fingerprint density at radius 1 is 1.43 bits per heavy atom. The highest BCUT2D eigenvalue weighted by Gasteiger charge is 2.12. The van der Waals surface area contributed by atoms with E-state index in [1.165, 1.54) is 0 Å². The lowest BCUT2D eigenvalue weighted by Crippen LogP contribution is -2.01. The Bertz CT molecular complexity index is 323. The van der Waals surface area contributed by atoms with Gasteiger partial charge in [0.25, 0.3) is 0 Å². The van der Waals surface area contributed by atoms with Crippen molar-refractivity contribution in [2.24, 2.45) is 5.73 Å². The van der Waals surface area contributed by atoms with Crippen molar-refractivity contribution in [3.8, 4) is 5.75 Å². The molecule has 0 aliphatic rings. The van der Waals surface area contributed by atoms with E-state index in [4.69, 9.17) is 22.1 Å². The van der Waals surface area contributed by atoms with E-state index in [0.29, 0.717) is 17.5 Å². The molecule has 0 saturated heterocycles. The van der Waals surface area contributed by atoms with Crippen LogP contribution in [-0.2, 0) is 6.54 Å². The molecular weight excluding hydrogens is 198 g/mol. The zero-order chi connectivity index (χ0) is 10.7. The molecule has 0 radical (unpaired) electrons. The zero-order valence-electron chi connectivity index (χ0n) is 8.80. The Labute approximate surface area is 90.0 Å². The molecule has 0 bridgehead atoms. The Kier molecular flexibility index (Phi) is 3.78. The molecule has 14 heavy (non-hydrogen) atoms. The van der Waals surface area contributed by atoms with Crippen LogP contribution in [0.4, 0.5) is 0 Å². The lowest BCUT2D eigenvalue weighted by atomic mass is 9.99. The van der Waals surface area contributed by atoms with Crippen molar-refractivity contribution in [3.05, 3.63) is 28.3 Å². The first-order chi connectivity index (χ1) is 6.60. The molecule has 1 aromatic rings. The molecule has 78 valence electrons. The summed E-state index contributed by atoms with van der Waals surface area (Å²) < 4.78 is 5.26. The fourth-order valence-electron chi connectivity index (χ4n) is 1.44. The van der Waals surface area contributed by atoms with Gasteiger partial charge in [-0.25, -0.2) is 0 Å². The van der Waals surface area contributed by atoms with E-state index in [1.807, 2.05) is 6.07 Å². The Morgan fingerprint density at radius 2 is 2.07 bits per heavy atom. The number of ether oxygens (including phenoxy) is 1. The largest absolute Gasteiger partial charge is 0.495 e. The number of halogens is 1. The van der Waals surface area contributed by atoms with Gasteiger partial charge in [-0.05, 0) is 23.1 Å². The highest BCUT2D eigenvalue weighted by atomic mass is 35.5. The lowest BCUT2D eigenvalue weighted by Gasteiger charge is -2.14. The van der Waals surface area contributed by atoms with Gasteiger partial charge in [0.15, 0.2) is 0 Å². The highest BCUT2D eigenvalue weighted by molar-refractivity contribution is 6.32. The molecule has 0 atom stereocenters. The van der Waals surface area contributed by atoms with Gasteiger partial charge in [-0.1, -0.05) is 31.5 Å². The first-order valence-electron chi connectivity index (χ1n) is 4.66. The maximum absolute atomic E-state index is 6.08. The second-order valence-electron chi connectivity index (χ2n) is 3.56. The summed E-state index contributed by atoms with van der Waals surface area (Å²) in [7, 11) is 1.63. The third-order valence-electron chi connectivity index (χ3n) is 2.19. The predicted octanol–water partition coefficient (Wildman–Crippen LogP) is 2.93. The first kappa shape index (κ1) is 11.3. The van der Waals surface area contributed by atoms with Crippen molar-refractivity contribution in [2.45, 2.75) is 26.3 Å². The molecule has 0 aromatic heterocycles. The topological polar surface area (TPSA) is 35.2 Å². The molecule has 0 heterocycles. The summed E-state index contributed by atoms with van der Waals surface area (Å²) in [6, 6.07) is 3.90. The minimum absolute atomic E-state index is 0.383. The molecule has 1 aromatic carbocycles. The number of hydrogen-bond donors (Lipinski definition) is 1. The van der Waals surface area contributed by atoms with Crippen LogP contribution >= 0.6 is 11.6 Å². The van der Waals surface area contributed by atoms with Crippen LogP contribution in [0.2, 0.25) is 5.02 Å². The van der Waals surface area contributed by atoms with Crippen LogP contribution in [0.3, 0.4) is 0 Å². The van der Waals surface area contributed by atoms with Gasteiger partial charge >= 0.3 is 0 Å². The minimum atomic E-state index is 0.383. The monoisotopic (exact) mass is 213 g/mol. The van der Waals surface area contributed by atoms with Crippen molar-refractivity contribution in [3.63, 3.8) is 0 Å². The van der Waals surface area contributed by atoms with Crippen LogP contribution in [0.5, 0.6) is 5.75 Å². The van der Waals surface area contributed by atoms with Crippen LogP contribution in [0, 0.1) is 0 Å². The van der Waals surface area contributed by atoms with Gasteiger partial charge in [-0.15, -0.1) is 0 Å². The van der Waals surface area contributed by atoms with Crippen molar-refractivity contribution in [2.75, 3.05) is 7.11 Å². The maximum atomic E-state index is 6.08. The molecule has 2 nitrogen and oxygen atoms in total. The average Bonchev–Trinajstić information content (AvgIpc) is 2.16. The van der Waals surface area contributed by atoms with Crippen molar-refractivity contribution in [1.29, 1.82) is 0 Å². The lowest BCUT2D eigenvalue weighted by molar-refractivity contribution is 0.407. The second kappa shape index (κ2) is 4.67. The number of hydrogen-bond acceptors (Lipinski definition) is 2. The molecule has 0 fully saturated rings. The van der Waals surface area contributed by atoms with Gasteiger partial charge in [0.1, 0.15) is 5.75 Å². The van der Waals surface area contributed by atoms with Crippen LogP contribution < -0.4 is 10.5 Å². The molecule has 0 aliphatic carbocycles. The van der Waals surface area contributed by atoms with Crippen LogP contribution in [0.1, 0.15) is 30.9 Å². The summed E-state index contributed by atoms with van der Waals surface area (Å²) in [5.74, 6) is 1.15. The smallest absolute Gasteiger partial charge is 0.140 e. The number of methoxy groups -OCH3 is 1. The molecule has 0 saturated carbocycles. The normalized spacial score (nSPS) is 10.7. The van der Waals surface area contributed by atoms with E-state index in [0.717, 1.165) is 16.9 Å². The van der Waals surface area contributed by atoms with Gasteiger partial charge in [-0.2, -0.15) is 0 Å². The molecule has 0 amide bonds. The number of nitrogens with two attached hydrogens (primary N) is 1. The Hall–Kier alpha value is -0.730. The molecule has 2 N–H and O–H groups in total. The molecule has 0 spiro atoms. The standard InChI is InChI=1S/C11H16ClNO/c1-7(2)9-4-8(6-13)5-10(12)11(9)14-3/h4-5,7H,6,13H2,1-3H3. The Balaban J connectivity index is 3.28. The van der Waals surface area contributed by atoms with Gasteiger partial charge in [0, 0.05) is 6.54 Å². The molecule has 1 rings (SSSR count). The van der Waals surface area contributed by atoms with E-state index in [2.05, 4.69) is 19.9 Å². The average molecular weight is 214 g/mol. The van der Waals surface area contributed by atoms with Crippen LogP contribution in [0.25, 0.3) is 0 Å². The quantitative estimate of drug-likeness (QED) is 0.838. The fraction of sp³-hybridized carbons (Fsp3) is 0.455. The summed E-state index contributed by atoms with van der Waals surface area (Å²) in [6.45, 7) is 4.71. The SMILES string of the molecule is COc1c(Cl)cc(CN)cc1C(C)C. The first-order valence-corrected chi connectivity index (χ1v) is 5.04. The third-order valence-corrected chi connectivity index (χ3v) is 2.47. The van der Waals surface area contributed by atoms with Crippen molar-refractivity contribution in [1.82, 2.24) is 0 Å². The van der Waals surface area contributed by atoms with E-state index >= 15 is 0 Å². The zero-order valence-corrected chi connectivity index (χ0v) is 9.56. The summed E-state index contributed by atoms with van der Waals surface area (Å²) in [5, 5.41) is 0.638. The molecule has 0 unspecified atom stereocenters. The van der Waals surface area contributed by atoms with Gasteiger partial charge in [0.2, 0.25) is 0 Å². The molecular formula is C11H16ClNO. The van der Waals surface area contributed by atoms with Gasteiger partial charge in [-0.3, -0.25) is 0 Å². The van der Waals surface area contributed by atoms with E-state index in [-0.39, 0.29) is 0 Å². The molecule has 3 heteroatoms. The van der Waals surface area contributed by atoms with Gasteiger partial charge in [0.05, 0.1) is 12.1 Å². The third kappa shape index (κ3) is 2.20. The molecule has 0 aliphatic heterocycles.